The quantitative estimate of drug-likeness (QED) is 0.628. The Bertz CT molecular complexity index is 1070. The van der Waals surface area contributed by atoms with Crippen molar-refractivity contribution >= 4 is 16.9 Å². The maximum absolute atomic E-state index is 13.2. The van der Waals surface area contributed by atoms with Crippen molar-refractivity contribution in [3.63, 3.8) is 0 Å². The van der Waals surface area contributed by atoms with E-state index in [0.29, 0.717) is 36.7 Å². The van der Waals surface area contributed by atoms with Crippen LogP contribution in [0.4, 0.5) is 0 Å². The minimum Gasteiger partial charge on any atom is -0.387 e. The van der Waals surface area contributed by atoms with E-state index in [1.807, 2.05) is 44.3 Å². The highest BCUT2D eigenvalue weighted by Crippen LogP contribution is 2.26. The molecule has 2 N–H and O–H groups in total. The van der Waals surface area contributed by atoms with Crippen LogP contribution in [-0.4, -0.2) is 75.7 Å². The number of amides is 1. The molecule has 0 saturated carbocycles. The molecule has 0 spiro atoms. The van der Waals surface area contributed by atoms with E-state index in [0.717, 1.165) is 29.7 Å². The molecule has 1 aromatic carbocycles. The average molecular weight is 424 g/mol. The Hall–Kier alpha value is -2.81. The fourth-order valence-electron chi connectivity index (χ4n) is 4.04. The topological polar surface area (TPSA) is 92.5 Å². The van der Waals surface area contributed by atoms with Crippen molar-refractivity contribution in [2.24, 2.45) is 7.05 Å². The number of nitrogens with one attached hydrogen (secondary N) is 1. The minimum absolute atomic E-state index is 0.146. The van der Waals surface area contributed by atoms with E-state index in [2.05, 4.69) is 15.3 Å². The lowest BCUT2D eigenvalue weighted by molar-refractivity contribution is -0.0213. The molecular weight excluding hydrogens is 394 g/mol. The third kappa shape index (κ3) is 4.76. The number of aliphatic hydroxyl groups is 1. The molecule has 1 aliphatic heterocycles. The minimum atomic E-state index is -1.05. The van der Waals surface area contributed by atoms with Gasteiger partial charge in [0.2, 0.25) is 0 Å². The van der Waals surface area contributed by atoms with E-state index in [9.17, 15) is 9.90 Å². The fraction of sp³-hybridized carbons (Fsp3) is 0.435. The lowest BCUT2D eigenvalue weighted by atomic mass is 10.0. The van der Waals surface area contributed by atoms with Crippen molar-refractivity contribution in [2.75, 3.05) is 39.4 Å². The van der Waals surface area contributed by atoms with Gasteiger partial charge in [0, 0.05) is 38.8 Å². The van der Waals surface area contributed by atoms with Gasteiger partial charge < -0.3 is 15.2 Å². The number of carbonyl (C=O) groups excluding carboxylic acids is 1. The highest BCUT2D eigenvalue weighted by Gasteiger charge is 2.27. The Morgan fingerprint density at radius 1 is 1.26 bits per heavy atom. The van der Waals surface area contributed by atoms with Crippen LogP contribution in [0.3, 0.4) is 0 Å². The van der Waals surface area contributed by atoms with Crippen molar-refractivity contribution in [1.29, 1.82) is 0 Å². The number of β-amino-alcohol motifs (C(OH)–C–C–N with tert-alkyl or cyclic N) is 1. The van der Waals surface area contributed by atoms with Crippen LogP contribution in [0, 0.1) is 6.92 Å². The predicted molar refractivity (Wildman–Crippen MR) is 119 cm³/mol. The molecule has 3 aromatic rings. The van der Waals surface area contributed by atoms with Crippen LogP contribution in [0.25, 0.3) is 22.3 Å². The van der Waals surface area contributed by atoms with Gasteiger partial charge in [0.1, 0.15) is 0 Å². The predicted octanol–water partition coefficient (Wildman–Crippen LogP) is 1.76. The number of rotatable bonds is 6. The summed E-state index contributed by atoms with van der Waals surface area (Å²) in [6.45, 7) is 7.14. The number of pyridine rings is 1. The Morgan fingerprint density at radius 2 is 1.97 bits per heavy atom. The summed E-state index contributed by atoms with van der Waals surface area (Å²) in [6, 6.07) is 11.6. The van der Waals surface area contributed by atoms with Gasteiger partial charge in [-0.3, -0.25) is 14.4 Å². The molecular formula is C23H29N5O3. The van der Waals surface area contributed by atoms with Crippen LogP contribution in [0.5, 0.6) is 0 Å². The van der Waals surface area contributed by atoms with Gasteiger partial charge in [-0.2, -0.15) is 5.10 Å². The van der Waals surface area contributed by atoms with E-state index in [1.54, 1.807) is 17.7 Å². The van der Waals surface area contributed by atoms with E-state index in [4.69, 9.17) is 9.72 Å². The SMILES string of the molecule is Cc1nn(C)c2nc(-c3ccccc3)cc(C(=O)NC[C@](C)(O)CN3CCOCC3)c12. The zero-order valence-corrected chi connectivity index (χ0v) is 18.3. The number of benzene rings is 1. The molecule has 0 aliphatic carbocycles. The molecule has 0 unspecified atom stereocenters. The Morgan fingerprint density at radius 3 is 2.68 bits per heavy atom. The number of hydrogen-bond donors (Lipinski definition) is 2. The van der Waals surface area contributed by atoms with Gasteiger partial charge in [-0.1, -0.05) is 30.3 Å². The fourth-order valence-corrected chi connectivity index (χ4v) is 4.04. The molecule has 1 fully saturated rings. The van der Waals surface area contributed by atoms with Gasteiger partial charge >= 0.3 is 0 Å². The number of ether oxygens (including phenoxy) is 1. The number of hydrogen-bond acceptors (Lipinski definition) is 6. The molecule has 31 heavy (non-hydrogen) atoms. The van der Waals surface area contributed by atoms with Crippen molar-refractivity contribution in [3.05, 3.63) is 47.7 Å². The molecule has 1 atom stereocenters. The van der Waals surface area contributed by atoms with E-state index < -0.39 is 5.60 Å². The Kier molecular flexibility index (Phi) is 6.04. The lowest BCUT2D eigenvalue weighted by Crippen LogP contribution is -2.51. The van der Waals surface area contributed by atoms with Gasteiger partial charge in [0.15, 0.2) is 5.65 Å². The van der Waals surface area contributed by atoms with Gasteiger partial charge in [-0.05, 0) is 19.9 Å². The van der Waals surface area contributed by atoms with Gasteiger partial charge in [-0.15, -0.1) is 0 Å². The number of aromatic nitrogens is 3. The van der Waals surface area contributed by atoms with Crippen molar-refractivity contribution < 1.29 is 14.6 Å². The summed E-state index contributed by atoms with van der Waals surface area (Å²) in [5.74, 6) is -0.247. The molecule has 1 saturated heterocycles. The van der Waals surface area contributed by atoms with Crippen molar-refractivity contribution in [1.82, 2.24) is 25.0 Å². The average Bonchev–Trinajstić information content (AvgIpc) is 3.06. The third-order valence-corrected chi connectivity index (χ3v) is 5.58. The van der Waals surface area contributed by atoms with Gasteiger partial charge in [-0.25, -0.2) is 4.98 Å². The summed E-state index contributed by atoms with van der Waals surface area (Å²) in [6.07, 6.45) is 0. The first-order chi connectivity index (χ1) is 14.8. The maximum atomic E-state index is 13.2. The number of fused-ring (bicyclic) bond motifs is 1. The van der Waals surface area contributed by atoms with E-state index in [-0.39, 0.29) is 12.5 Å². The molecule has 1 aliphatic rings. The number of carbonyl (C=O) groups is 1. The first-order valence-electron chi connectivity index (χ1n) is 10.5. The molecule has 3 heterocycles. The van der Waals surface area contributed by atoms with Crippen LogP contribution in [0.2, 0.25) is 0 Å². The summed E-state index contributed by atoms with van der Waals surface area (Å²) in [4.78, 5) is 20.1. The molecule has 0 bridgehead atoms. The largest absolute Gasteiger partial charge is 0.387 e. The summed E-state index contributed by atoms with van der Waals surface area (Å²) in [5, 5.41) is 19.0. The summed E-state index contributed by atoms with van der Waals surface area (Å²) < 4.78 is 7.06. The van der Waals surface area contributed by atoms with Gasteiger partial charge in [0.25, 0.3) is 5.91 Å². The third-order valence-electron chi connectivity index (χ3n) is 5.58. The summed E-state index contributed by atoms with van der Waals surface area (Å²) >= 11 is 0. The zero-order valence-electron chi connectivity index (χ0n) is 18.3. The molecule has 0 radical (unpaired) electrons. The second-order valence-electron chi connectivity index (χ2n) is 8.40. The normalized spacial score (nSPS) is 16.9. The lowest BCUT2D eigenvalue weighted by Gasteiger charge is -2.33. The molecule has 2 aromatic heterocycles. The molecule has 164 valence electrons. The first kappa shape index (κ1) is 21.4. The first-order valence-corrected chi connectivity index (χ1v) is 10.5. The molecule has 8 nitrogen and oxygen atoms in total. The second-order valence-corrected chi connectivity index (χ2v) is 8.40. The van der Waals surface area contributed by atoms with Crippen molar-refractivity contribution in [2.45, 2.75) is 19.4 Å². The van der Waals surface area contributed by atoms with Crippen LogP contribution in [0.15, 0.2) is 36.4 Å². The van der Waals surface area contributed by atoms with Crippen LogP contribution in [0.1, 0.15) is 23.0 Å². The highest BCUT2D eigenvalue weighted by molar-refractivity contribution is 6.07. The molecule has 4 rings (SSSR count). The second kappa shape index (κ2) is 8.74. The van der Waals surface area contributed by atoms with Crippen LogP contribution < -0.4 is 5.32 Å². The standard InChI is InChI=1S/C23H29N5O3/c1-16-20-18(22(29)24-14-23(2,30)15-28-9-11-31-12-10-28)13-19(17-7-5-4-6-8-17)25-21(20)27(3)26-16/h4-8,13,30H,9-12,14-15H2,1-3H3,(H,24,29)/t23-/m0/s1. The van der Waals surface area contributed by atoms with E-state index >= 15 is 0 Å². The number of nitrogens with zero attached hydrogens (tertiary/aromatic N) is 4. The van der Waals surface area contributed by atoms with E-state index in [1.165, 1.54) is 0 Å². The molecule has 1 amide bonds. The maximum Gasteiger partial charge on any atom is 0.252 e. The van der Waals surface area contributed by atoms with Gasteiger partial charge in [0.05, 0.1) is 41.2 Å². The van der Waals surface area contributed by atoms with Crippen molar-refractivity contribution in [3.8, 4) is 11.3 Å². The zero-order chi connectivity index (χ0) is 22.0. The summed E-state index contributed by atoms with van der Waals surface area (Å²) in [7, 11) is 1.83. The van der Waals surface area contributed by atoms with Crippen LogP contribution in [-0.2, 0) is 11.8 Å². The number of morpholine rings is 1. The Labute approximate surface area is 181 Å². The number of aryl methyl sites for hydroxylation is 2. The Balaban J connectivity index is 1.59. The smallest absolute Gasteiger partial charge is 0.252 e. The monoisotopic (exact) mass is 423 g/mol. The van der Waals surface area contributed by atoms with Crippen LogP contribution >= 0.6 is 0 Å². The highest BCUT2D eigenvalue weighted by atomic mass is 16.5. The summed E-state index contributed by atoms with van der Waals surface area (Å²) in [5.41, 5.74) is 2.50. The molecule has 8 heteroatoms.